The summed E-state index contributed by atoms with van der Waals surface area (Å²) in [4.78, 5) is 29.7. The number of rotatable bonds is 8. The van der Waals surface area contributed by atoms with Gasteiger partial charge in [-0.1, -0.05) is 12.1 Å². The number of nitrogens with zero attached hydrogens (tertiary/aromatic N) is 2. The maximum absolute atomic E-state index is 13.0. The van der Waals surface area contributed by atoms with Crippen molar-refractivity contribution in [2.45, 2.75) is 51.4 Å². The quantitative estimate of drug-likeness (QED) is 0.504. The topological polar surface area (TPSA) is 49.9 Å². The van der Waals surface area contributed by atoms with E-state index in [9.17, 15) is 9.59 Å². The molecular formula is C28H35ClN2O3. The lowest BCUT2D eigenvalue weighted by molar-refractivity contribution is -0.117. The van der Waals surface area contributed by atoms with E-state index in [1.165, 1.54) is 24.0 Å². The number of hydrogen-bond acceptors (Lipinski definition) is 4. The van der Waals surface area contributed by atoms with E-state index < -0.39 is 0 Å². The summed E-state index contributed by atoms with van der Waals surface area (Å²) in [5.41, 5.74) is 5.49. The van der Waals surface area contributed by atoms with E-state index in [1.807, 2.05) is 17.0 Å². The monoisotopic (exact) mass is 482 g/mol. The highest BCUT2D eigenvalue weighted by Gasteiger charge is 2.33. The Morgan fingerprint density at radius 2 is 1.88 bits per heavy atom. The molecule has 0 unspecified atom stereocenters. The van der Waals surface area contributed by atoms with Crippen LogP contribution in [0, 0.1) is 5.92 Å². The first kappa shape index (κ1) is 24.7. The first-order valence-electron chi connectivity index (χ1n) is 12.5. The third kappa shape index (κ3) is 5.31. The van der Waals surface area contributed by atoms with Gasteiger partial charge in [-0.05, 0) is 98.5 Å². The van der Waals surface area contributed by atoms with Gasteiger partial charge in [0.25, 0.3) is 0 Å². The summed E-state index contributed by atoms with van der Waals surface area (Å²) in [7, 11) is 1.71. The molecule has 1 amide bonds. The number of Topliss-reactive ketones (excluding diaryl/α,β-unsaturated/α-hetero) is 1. The van der Waals surface area contributed by atoms with Crippen LogP contribution in [-0.2, 0) is 24.1 Å². The van der Waals surface area contributed by atoms with Crippen LogP contribution < -0.4 is 9.64 Å². The van der Waals surface area contributed by atoms with E-state index >= 15 is 0 Å². The molecule has 0 bridgehead atoms. The molecule has 3 aliphatic heterocycles. The van der Waals surface area contributed by atoms with Crippen LogP contribution in [0.5, 0.6) is 5.75 Å². The molecule has 0 radical (unpaired) electrons. The Kier molecular flexibility index (Phi) is 7.95. The average molecular weight is 483 g/mol. The smallest absolute Gasteiger partial charge is 0.231 e. The SMILES string of the molecule is COc1cccc(CCN2CCC(CCC(=O)c3cc4c5c(c3)CC(=O)N5CCC4)CC2)c1.Cl. The standard InChI is InChI=1S/C28H34N2O3.ClH/c1-33-25-6-2-4-21(16-25)11-15-29-13-9-20(10-14-29)7-8-26(31)23-17-22-5-3-12-30-27(32)19-24(18-23)28(22)30;/h2,4,6,16-18,20H,3,5,7-15,19H2,1H3;1H. The predicted molar refractivity (Wildman–Crippen MR) is 137 cm³/mol. The van der Waals surface area contributed by atoms with Crippen molar-refractivity contribution >= 4 is 29.8 Å². The molecule has 0 atom stereocenters. The lowest BCUT2D eigenvalue weighted by atomic mass is 9.89. The van der Waals surface area contributed by atoms with Gasteiger partial charge in [-0.2, -0.15) is 0 Å². The molecule has 1 fully saturated rings. The Morgan fingerprint density at radius 1 is 1.09 bits per heavy atom. The zero-order valence-corrected chi connectivity index (χ0v) is 20.9. The van der Waals surface area contributed by atoms with Crippen LogP contribution in [-0.4, -0.2) is 49.9 Å². The molecular weight excluding hydrogens is 448 g/mol. The highest BCUT2D eigenvalue weighted by atomic mass is 35.5. The number of aryl methyl sites for hydroxylation is 1. The van der Waals surface area contributed by atoms with E-state index in [2.05, 4.69) is 29.2 Å². The Bertz CT molecular complexity index is 1050. The number of methoxy groups -OCH3 is 1. The van der Waals surface area contributed by atoms with Crippen LogP contribution >= 0.6 is 12.4 Å². The molecule has 5 nitrogen and oxygen atoms in total. The second kappa shape index (κ2) is 10.9. The zero-order chi connectivity index (χ0) is 22.8. The molecule has 0 saturated carbocycles. The fourth-order valence-electron chi connectivity index (χ4n) is 5.73. The van der Waals surface area contributed by atoms with Gasteiger partial charge in [-0.15, -0.1) is 12.4 Å². The lowest BCUT2D eigenvalue weighted by Crippen LogP contribution is -2.35. The number of carbonyl (C=O) groups excluding carboxylic acids is 2. The second-order valence-electron chi connectivity index (χ2n) is 9.82. The molecule has 0 N–H and O–H groups in total. The summed E-state index contributed by atoms with van der Waals surface area (Å²) < 4.78 is 5.33. The molecule has 0 aromatic heterocycles. The summed E-state index contributed by atoms with van der Waals surface area (Å²) in [5.74, 6) is 1.99. The Labute approximate surface area is 208 Å². The number of anilines is 1. The number of carbonyl (C=O) groups is 2. The van der Waals surface area contributed by atoms with Crippen LogP contribution in [0.3, 0.4) is 0 Å². The molecule has 3 heterocycles. The van der Waals surface area contributed by atoms with Crippen molar-refractivity contribution in [1.29, 1.82) is 0 Å². The zero-order valence-electron chi connectivity index (χ0n) is 20.1. The van der Waals surface area contributed by atoms with Gasteiger partial charge in [0, 0.05) is 25.1 Å². The molecule has 2 aromatic rings. The summed E-state index contributed by atoms with van der Waals surface area (Å²) in [5, 5.41) is 0. The third-order valence-corrected chi connectivity index (χ3v) is 7.67. The fraction of sp³-hybridized carbons (Fsp3) is 0.500. The van der Waals surface area contributed by atoms with Gasteiger partial charge in [0.05, 0.1) is 19.2 Å². The van der Waals surface area contributed by atoms with E-state index in [4.69, 9.17) is 4.74 Å². The number of piperidine rings is 1. The van der Waals surface area contributed by atoms with Crippen molar-refractivity contribution in [3.05, 3.63) is 58.7 Å². The Balaban J connectivity index is 0.00000274. The Hall–Kier alpha value is -2.37. The highest BCUT2D eigenvalue weighted by molar-refractivity contribution is 6.05. The van der Waals surface area contributed by atoms with Crippen molar-refractivity contribution in [3.63, 3.8) is 0 Å². The lowest BCUT2D eigenvalue weighted by Gasteiger charge is -2.32. The third-order valence-electron chi connectivity index (χ3n) is 7.67. The maximum Gasteiger partial charge on any atom is 0.231 e. The van der Waals surface area contributed by atoms with Gasteiger partial charge in [0.2, 0.25) is 5.91 Å². The number of benzene rings is 2. The van der Waals surface area contributed by atoms with E-state index in [-0.39, 0.29) is 24.1 Å². The average Bonchev–Trinajstić information content (AvgIpc) is 3.18. The van der Waals surface area contributed by atoms with Crippen LogP contribution in [0.25, 0.3) is 0 Å². The van der Waals surface area contributed by atoms with Gasteiger partial charge < -0.3 is 14.5 Å². The molecule has 6 heteroatoms. The summed E-state index contributed by atoms with van der Waals surface area (Å²) in [6.45, 7) is 4.13. The normalized spacial score (nSPS) is 17.9. The van der Waals surface area contributed by atoms with Gasteiger partial charge in [0.1, 0.15) is 5.75 Å². The predicted octanol–water partition coefficient (Wildman–Crippen LogP) is 4.87. The Morgan fingerprint density at radius 3 is 2.68 bits per heavy atom. The van der Waals surface area contributed by atoms with Crippen LogP contribution in [0.1, 0.15) is 59.2 Å². The van der Waals surface area contributed by atoms with E-state index in [0.29, 0.717) is 18.8 Å². The molecule has 2 aromatic carbocycles. The van der Waals surface area contributed by atoms with Gasteiger partial charge in [-0.25, -0.2) is 0 Å². The van der Waals surface area contributed by atoms with Crippen molar-refractivity contribution in [1.82, 2.24) is 4.90 Å². The van der Waals surface area contributed by atoms with Crippen LogP contribution in [0.4, 0.5) is 5.69 Å². The van der Waals surface area contributed by atoms with E-state index in [0.717, 1.165) is 74.4 Å². The first-order valence-corrected chi connectivity index (χ1v) is 12.5. The molecule has 1 saturated heterocycles. The number of halogens is 1. The minimum atomic E-state index is 0. The minimum Gasteiger partial charge on any atom is -0.497 e. The highest BCUT2D eigenvalue weighted by Crippen LogP contribution is 2.38. The maximum atomic E-state index is 13.0. The molecule has 182 valence electrons. The van der Waals surface area contributed by atoms with Gasteiger partial charge in [0.15, 0.2) is 5.78 Å². The second-order valence-corrected chi connectivity index (χ2v) is 9.82. The van der Waals surface area contributed by atoms with Crippen molar-refractivity contribution in [2.24, 2.45) is 5.92 Å². The molecule has 5 rings (SSSR count). The molecule has 34 heavy (non-hydrogen) atoms. The summed E-state index contributed by atoms with van der Waals surface area (Å²) in [6.07, 6.45) is 7.39. The molecule has 0 spiro atoms. The first-order chi connectivity index (χ1) is 16.1. The van der Waals surface area contributed by atoms with Gasteiger partial charge >= 0.3 is 0 Å². The number of hydrogen-bond donors (Lipinski definition) is 0. The van der Waals surface area contributed by atoms with Crippen molar-refractivity contribution in [3.8, 4) is 5.75 Å². The number of amides is 1. The van der Waals surface area contributed by atoms with Crippen LogP contribution in [0.15, 0.2) is 36.4 Å². The van der Waals surface area contributed by atoms with E-state index in [1.54, 1.807) is 7.11 Å². The largest absolute Gasteiger partial charge is 0.497 e. The van der Waals surface area contributed by atoms with Crippen LogP contribution in [0.2, 0.25) is 0 Å². The number of likely N-dealkylation sites (tertiary alicyclic amines) is 1. The van der Waals surface area contributed by atoms with Crippen molar-refractivity contribution in [2.75, 3.05) is 38.2 Å². The minimum absolute atomic E-state index is 0. The summed E-state index contributed by atoms with van der Waals surface area (Å²) >= 11 is 0. The molecule has 0 aliphatic carbocycles. The fourth-order valence-corrected chi connectivity index (χ4v) is 5.73. The number of ether oxygens (including phenoxy) is 1. The number of ketones is 1. The molecule has 3 aliphatic rings. The van der Waals surface area contributed by atoms with Gasteiger partial charge in [-0.3, -0.25) is 9.59 Å². The summed E-state index contributed by atoms with van der Waals surface area (Å²) in [6, 6.07) is 12.4. The van der Waals surface area contributed by atoms with Crippen molar-refractivity contribution < 1.29 is 14.3 Å².